The third-order valence-corrected chi connectivity index (χ3v) is 10.1. The highest BCUT2D eigenvalue weighted by Crippen LogP contribution is 2.36. The van der Waals surface area contributed by atoms with Crippen molar-refractivity contribution in [1.82, 2.24) is 4.90 Å². The summed E-state index contributed by atoms with van der Waals surface area (Å²) in [5.74, 6) is 0. The minimum Gasteiger partial charge on any atom is -0.465 e. The lowest BCUT2D eigenvalue weighted by Gasteiger charge is -2.41. The number of hydrogen-bond acceptors (Lipinski definition) is 5. The Morgan fingerprint density at radius 1 is 1.41 bits per heavy atom. The second-order valence-corrected chi connectivity index (χ2v) is 13.5. The highest BCUT2D eigenvalue weighted by Gasteiger charge is 2.39. The van der Waals surface area contributed by atoms with E-state index >= 15 is 0 Å². The average Bonchev–Trinajstić information content (AvgIpc) is 2.64. The number of ether oxygens (including phenoxy) is 1. The van der Waals surface area contributed by atoms with Gasteiger partial charge >= 0.3 is 6.09 Å². The molecule has 1 aromatic rings. The van der Waals surface area contributed by atoms with Gasteiger partial charge in [0.15, 0.2) is 8.32 Å². The van der Waals surface area contributed by atoms with Gasteiger partial charge in [0, 0.05) is 6.07 Å². The van der Waals surface area contributed by atoms with E-state index in [1.165, 1.54) is 11.0 Å². The molecule has 0 unspecified atom stereocenters. The Bertz CT molecular complexity index is 774. The number of nitro groups is 1. The number of nitro benzene ring substituents is 1. The van der Waals surface area contributed by atoms with E-state index in [-0.39, 0.29) is 29.9 Å². The predicted molar refractivity (Wildman–Crippen MR) is 114 cm³/mol. The van der Waals surface area contributed by atoms with E-state index in [0.717, 1.165) is 0 Å². The van der Waals surface area contributed by atoms with Crippen molar-refractivity contribution in [2.75, 3.05) is 19.8 Å². The van der Waals surface area contributed by atoms with Crippen LogP contribution in [0.15, 0.2) is 30.3 Å². The first-order chi connectivity index (χ1) is 13.4. The molecule has 1 aromatic carbocycles. The Morgan fingerprint density at radius 3 is 2.66 bits per heavy atom. The van der Waals surface area contributed by atoms with Crippen LogP contribution in [0.4, 0.5) is 10.5 Å². The van der Waals surface area contributed by atoms with Gasteiger partial charge in [-0.05, 0) is 30.3 Å². The second-order valence-electron chi connectivity index (χ2n) is 8.71. The summed E-state index contributed by atoms with van der Waals surface area (Å²) in [6.45, 7) is 11.3. The minimum atomic E-state index is -2.00. The standard InChI is InChI=1S/C20H30N2O6Si/c1-20(2,3)29(4,5)28-14-16-13-27-17(12-21(16)19(23)24)11-10-15-8-6-7-9-18(15)22(25)26/h6-11,16-17H,12-14H2,1-5H3,(H,23,24)/t16-,17+/m0/s1. The normalized spacial score (nSPS) is 20.8. The molecule has 0 radical (unpaired) electrons. The molecule has 2 atom stereocenters. The molecule has 1 fully saturated rings. The lowest BCUT2D eigenvalue weighted by Crippen LogP contribution is -2.55. The number of benzene rings is 1. The van der Waals surface area contributed by atoms with Crippen molar-refractivity contribution in [2.24, 2.45) is 0 Å². The Balaban J connectivity index is 2.05. The van der Waals surface area contributed by atoms with Crippen LogP contribution in [-0.4, -0.2) is 61.2 Å². The van der Waals surface area contributed by atoms with Gasteiger partial charge in [-0.15, -0.1) is 0 Å². The van der Waals surface area contributed by atoms with Crippen LogP contribution >= 0.6 is 0 Å². The monoisotopic (exact) mass is 422 g/mol. The van der Waals surface area contributed by atoms with Crippen LogP contribution in [0.2, 0.25) is 18.1 Å². The van der Waals surface area contributed by atoms with Crippen molar-refractivity contribution in [2.45, 2.75) is 51.0 Å². The van der Waals surface area contributed by atoms with E-state index < -0.39 is 25.4 Å². The number of carbonyl (C=O) groups is 1. The summed E-state index contributed by atoms with van der Waals surface area (Å²) in [4.78, 5) is 23.8. The zero-order valence-electron chi connectivity index (χ0n) is 17.6. The molecule has 0 aromatic heterocycles. The molecular formula is C20H30N2O6Si. The first-order valence-electron chi connectivity index (χ1n) is 9.59. The van der Waals surface area contributed by atoms with Crippen molar-refractivity contribution >= 4 is 26.2 Å². The van der Waals surface area contributed by atoms with Gasteiger partial charge in [0.05, 0.1) is 42.4 Å². The van der Waals surface area contributed by atoms with Crippen LogP contribution in [-0.2, 0) is 9.16 Å². The van der Waals surface area contributed by atoms with Crippen molar-refractivity contribution in [1.29, 1.82) is 0 Å². The van der Waals surface area contributed by atoms with Crippen LogP contribution in [0.3, 0.4) is 0 Å². The third kappa shape index (κ3) is 5.88. The van der Waals surface area contributed by atoms with E-state index in [0.29, 0.717) is 12.2 Å². The molecule has 1 amide bonds. The molecule has 1 N–H and O–H groups in total. The molecule has 1 aliphatic rings. The van der Waals surface area contributed by atoms with Crippen LogP contribution in [0.1, 0.15) is 26.3 Å². The van der Waals surface area contributed by atoms with Crippen LogP contribution in [0.25, 0.3) is 6.08 Å². The Hall–Kier alpha value is -2.23. The van der Waals surface area contributed by atoms with E-state index in [1.807, 2.05) is 0 Å². The number of hydrogen-bond donors (Lipinski definition) is 1. The quantitative estimate of drug-likeness (QED) is 0.415. The SMILES string of the molecule is CC(C)(C)[Si](C)(C)OC[C@@H]1CO[C@H](C=Cc2ccccc2[N+](=O)[O-])CN1C(=O)O. The number of rotatable bonds is 6. The fourth-order valence-corrected chi connectivity index (χ4v) is 3.78. The lowest BCUT2D eigenvalue weighted by atomic mass is 10.1. The molecule has 8 nitrogen and oxygen atoms in total. The molecule has 1 aliphatic heterocycles. The molecule has 2 rings (SSSR count). The summed E-state index contributed by atoms with van der Waals surface area (Å²) in [6, 6.07) is 6.01. The van der Waals surface area contributed by atoms with Gasteiger partial charge in [-0.3, -0.25) is 15.0 Å². The van der Waals surface area contributed by atoms with Crippen LogP contribution in [0.5, 0.6) is 0 Å². The van der Waals surface area contributed by atoms with Gasteiger partial charge in [-0.2, -0.15) is 0 Å². The summed E-state index contributed by atoms with van der Waals surface area (Å²) < 4.78 is 12.0. The molecule has 160 valence electrons. The Labute approximate surface area is 172 Å². The highest BCUT2D eigenvalue weighted by molar-refractivity contribution is 6.74. The van der Waals surface area contributed by atoms with Crippen molar-refractivity contribution < 1.29 is 24.0 Å². The average molecular weight is 423 g/mol. The van der Waals surface area contributed by atoms with E-state index in [1.54, 1.807) is 30.4 Å². The molecular weight excluding hydrogens is 392 g/mol. The topological polar surface area (TPSA) is 102 Å². The number of carboxylic acid groups (broad SMARTS) is 1. The minimum absolute atomic E-state index is 0.00435. The number of morpholine rings is 1. The number of nitrogens with zero attached hydrogens (tertiary/aromatic N) is 2. The summed E-state index contributed by atoms with van der Waals surface area (Å²) in [7, 11) is -2.00. The first kappa shape index (κ1) is 23.0. The van der Waals surface area contributed by atoms with Gasteiger partial charge in [-0.25, -0.2) is 4.79 Å². The molecule has 0 saturated carbocycles. The van der Waals surface area contributed by atoms with Gasteiger partial charge in [0.2, 0.25) is 0 Å². The van der Waals surface area contributed by atoms with Crippen LogP contribution < -0.4 is 0 Å². The van der Waals surface area contributed by atoms with Crippen molar-refractivity contribution in [3.8, 4) is 0 Å². The van der Waals surface area contributed by atoms with E-state index in [9.17, 15) is 20.0 Å². The first-order valence-corrected chi connectivity index (χ1v) is 12.5. The maximum Gasteiger partial charge on any atom is 0.407 e. The lowest BCUT2D eigenvalue weighted by molar-refractivity contribution is -0.385. The number of amides is 1. The summed E-state index contributed by atoms with van der Waals surface area (Å²) in [5, 5.41) is 20.8. The zero-order valence-corrected chi connectivity index (χ0v) is 18.6. The van der Waals surface area contributed by atoms with E-state index in [4.69, 9.17) is 9.16 Å². The summed E-state index contributed by atoms with van der Waals surface area (Å²) >= 11 is 0. The van der Waals surface area contributed by atoms with Gasteiger partial charge in [0.25, 0.3) is 5.69 Å². The van der Waals surface area contributed by atoms with Crippen LogP contribution in [0, 0.1) is 10.1 Å². The molecule has 1 saturated heterocycles. The molecule has 9 heteroatoms. The predicted octanol–water partition coefficient (Wildman–Crippen LogP) is 4.38. The largest absolute Gasteiger partial charge is 0.465 e. The third-order valence-electron chi connectivity index (χ3n) is 5.63. The molecule has 0 bridgehead atoms. The fraction of sp³-hybridized carbons (Fsp3) is 0.550. The van der Waals surface area contributed by atoms with Crippen molar-refractivity contribution in [3.05, 3.63) is 46.0 Å². The molecule has 0 aliphatic carbocycles. The molecule has 1 heterocycles. The van der Waals surface area contributed by atoms with Crippen molar-refractivity contribution in [3.63, 3.8) is 0 Å². The second kappa shape index (κ2) is 9.06. The summed E-state index contributed by atoms with van der Waals surface area (Å²) in [6.07, 6.45) is 1.77. The fourth-order valence-electron chi connectivity index (χ4n) is 2.74. The van der Waals surface area contributed by atoms with Gasteiger partial charge in [0.1, 0.15) is 0 Å². The van der Waals surface area contributed by atoms with Gasteiger partial charge < -0.3 is 14.3 Å². The highest BCUT2D eigenvalue weighted by atomic mass is 28.4. The maximum absolute atomic E-state index is 11.8. The molecule has 0 spiro atoms. The summed E-state index contributed by atoms with van der Waals surface area (Å²) in [5.41, 5.74) is 0.446. The van der Waals surface area contributed by atoms with Gasteiger partial charge in [-0.1, -0.05) is 39.0 Å². The zero-order chi connectivity index (χ0) is 21.8. The smallest absolute Gasteiger partial charge is 0.407 e. The molecule has 29 heavy (non-hydrogen) atoms. The Kier molecular flexibility index (Phi) is 7.20. The van der Waals surface area contributed by atoms with E-state index in [2.05, 4.69) is 33.9 Å². The number of para-hydroxylation sites is 1. The maximum atomic E-state index is 11.8. The Morgan fingerprint density at radius 2 is 2.07 bits per heavy atom.